The third-order valence-electron chi connectivity index (χ3n) is 3.92. The third kappa shape index (κ3) is 4.05. The molecular formula is C16H24N2O2. The zero-order valence-electron chi connectivity index (χ0n) is 12.1. The number of nitrogens with one attached hydrogen (secondary N) is 1. The van der Waals surface area contributed by atoms with Crippen LogP contribution in [-0.2, 0) is 6.54 Å². The highest BCUT2D eigenvalue weighted by Crippen LogP contribution is 2.16. The van der Waals surface area contributed by atoms with Crippen LogP contribution in [0.15, 0.2) is 24.3 Å². The van der Waals surface area contributed by atoms with Gasteiger partial charge in [0.1, 0.15) is 0 Å². The number of hydrogen-bond acceptors (Lipinski definition) is 3. The van der Waals surface area contributed by atoms with E-state index in [9.17, 15) is 4.79 Å². The van der Waals surface area contributed by atoms with Crippen LogP contribution in [0.1, 0.15) is 42.1 Å². The van der Waals surface area contributed by atoms with Crippen LogP contribution < -0.4 is 5.32 Å². The predicted molar refractivity (Wildman–Crippen MR) is 80.0 cm³/mol. The second-order valence-corrected chi connectivity index (χ2v) is 5.48. The fourth-order valence-corrected chi connectivity index (χ4v) is 2.77. The molecule has 4 heteroatoms. The molecule has 1 aliphatic rings. The Labute approximate surface area is 120 Å². The summed E-state index contributed by atoms with van der Waals surface area (Å²) in [6.07, 6.45) is 3.68. The minimum atomic E-state index is -0.852. The van der Waals surface area contributed by atoms with Crippen molar-refractivity contribution in [2.45, 2.75) is 38.8 Å². The van der Waals surface area contributed by atoms with Gasteiger partial charge in [-0.15, -0.1) is 0 Å². The van der Waals surface area contributed by atoms with Crippen LogP contribution in [0.3, 0.4) is 0 Å². The Morgan fingerprint density at radius 1 is 1.50 bits per heavy atom. The first-order valence-corrected chi connectivity index (χ1v) is 7.47. The molecule has 1 aliphatic heterocycles. The van der Waals surface area contributed by atoms with Crippen molar-refractivity contribution in [3.63, 3.8) is 0 Å². The Balaban J connectivity index is 2.02. The van der Waals surface area contributed by atoms with Gasteiger partial charge in [0.05, 0.1) is 5.56 Å². The van der Waals surface area contributed by atoms with E-state index in [0.29, 0.717) is 11.6 Å². The molecule has 1 atom stereocenters. The number of piperazine rings is 1. The maximum Gasteiger partial charge on any atom is 0.335 e. The van der Waals surface area contributed by atoms with Crippen LogP contribution in [-0.4, -0.2) is 41.7 Å². The number of nitrogens with zero attached hydrogens (tertiary/aromatic N) is 1. The minimum Gasteiger partial charge on any atom is -0.478 e. The van der Waals surface area contributed by atoms with Gasteiger partial charge in [0.15, 0.2) is 0 Å². The van der Waals surface area contributed by atoms with Crippen LogP contribution >= 0.6 is 0 Å². The van der Waals surface area contributed by atoms with Crippen molar-refractivity contribution in [1.82, 2.24) is 10.2 Å². The van der Waals surface area contributed by atoms with Crippen molar-refractivity contribution in [3.8, 4) is 0 Å². The number of carboxylic acids is 1. The van der Waals surface area contributed by atoms with Crippen LogP contribution in [0.5, 0.6) is 0 Å². The summed E-state index contributed by atoms with van der Waals surface area (Å²) in [4.78, 5) is 13.5. The molecule has 0 spiro atoms. The fraction of sp³-hybridized carbons (Fsp3) is 0.562. The molecule has 0 aromatic heterocycles. The quantitative estimate of drug-likeness (QED) is 0.837. The van der Waals surface area contributed by atoms with Crippen LogP contribution in [0.25, 0.3) is 0 Å². The molecule has 2 rings (SSSR count). The molecule has 1 unspecified atom stereocenters. The lowest BCUT2D eigenvalue weighted by Crippen LogP contribution is -2.50. The summed E-state index contributed by atoms with van der Waals surface area (Å²) in [5, 5.41) is 12.5. The maximum absolute atomic E-state index is 11.0. The number of carboxylic acid groups (broad SMARTS) is 1. The average molecular weight is 276 g/mol. The lowest BCUT2D eigenvalue weighted by molar-refractivity contribution is 0.0696. The molecule has 1 heterocycles. The monoisotopic (exact) mass is 276 g/mol. The van der Waals surface area contributed by atoms with Crippen molar-refractivity contribution in [3.05, 3.63) is 35.4 Å². The Kier molecular flexibility index (Phi) is 5.56. The number of aromatic carboxylic acids is 1. The van der Waals surface area contributed by atoms with Gasteiger partial charge in [-0.3, -0.25) is 4.90 Å². The van der Waals surface area contributed by atoms with Gasteiger partial charge >= 0.3 is 5.97 Å². The smallest absolute Gasteiger partial charge is 0.335 e. The van der Waals surface area contributed by atoms with Gasteiger partial charge in [0, 0.05) is 32.2 Å². The van der Waals surface area contributed by atoms with E-state index >= 15 is 0 Å². The molecular weight excluding hydrogens is 252 g/mol. The van der Waals surface area contributed by atoms with Gasteiger partial charge in [-0.05, 0) is 24.1 Å². The van der Waals surface area contributed by atoms with Gasteiger partial charge in [0.2, 0.25) is 0 Å². The Hall–Kier alpha value is -1.39. The summed E-state index contributed by atoms with van der Waals surface area (Å²) in [6.45, 7) is 6.15. The van der Waals surface area contributed by atoms with E-state index in [1.165, 1.54) is 19.3 Å². The molecule has 110 valence electrons. The lowest BCUT2D eigenvalue weighted by atomic mass is 10.0. The first-order chi connectivity index (χ1) is 9.70. The Morgan fingerprint density at radius 2 is 2.35 bits per heavy atom. The third-order valence-corrected chi connectivity index (χ3v) is 3.92. The van der Waals surface area contributed by atoms with Crippen LogP contribution in [0.2, 0.25) is 0 Å². The van der Waals surface area contributed by atoms with Gasteiger partial charge in [-0.1, -0.05) is 31.9 Å². The fourth-order valence-electron chi connectivity index (χ4n) is 2.77. The van der Waals surface area contributed by atoms with E-state index in [1.54, 1.807) is 12.1 Å². The first-order valence-electron chi connectivity index (χ1n) is 7.47. The van der Waals surface area contributed by atoms with E-state index < -0.39 is 5.97 Å². The number of hydrogen-bond donors (Lipinski definition) is 2. The molecule has 0 bridgehead atoms. The highest BCUT2D eigenvalue weighted by molar-refractivity contribution is 5.87. The Morgan fingerprint density at radius 3 is 3.10 bits per heavy atom. The second kappa shape index (κ2) is 7.41. The molecule has 1 saturated heterocycles. The van der Waals surface area contributed by atoms with Crippen molar-refractivity contribution in [2.24, 2.45) is 0 Å². The Bertz CT molecular complexity index is 448. The van der Waals surface area contributed by atoms with Crippen molar-refractivity contribution < 1.29 is 9.90 Å². The van der Waals surface area contributed by atoms with Crippen molar-refractivity contribution >= 4 is 5.97 Å². The average Bonchev–Trinajstić information content (AvgIpc) is 2.46. The van der Waals surface area contributed by atoms with Gasteiger partial charge in [-0.25, -0.2) is 4.79 Å². The van der Waals surface area contributed by atoms with Crippen molar-refractivity contribution in [1.29, 1.82) is 0 Å². The van der Waals surface area contributed by atoms with E-state index in [4.69, 9.17) is 5.11 Å². The number of rotatable bonds is 6. The molecule has 0 radical (unpaired) electrons. The molecule has 0 amide bonds. The minimum absolute atomic E-state index is 0.378. The highest BCUT2D eigenvalue weighted by Gasteiger charge is 2.21. The lowest BCUT2D eigenvalue weighted by Gasteiger charge is -2.36. The van der Waals surface area contributed by atoms with Gasteiger partial charge in [0.25, 0.3) is 0 Å². The number of unbranched alkanes of at least 4 members (excludes halogenated alkanes) is 1. The summed E-state index contributed by atoms with van der Waals surface area (Å²) in [7, 11) is 0. The summed E-state index contributed by atoms with van der Waals surface area (Å²) in [5.74, 6) is -0.852. The van der Waals surface area contributed by atoms with Gasteiger partial charge < -0.3 is 10.4 Å². The van der Waals surface area contributed by atoms with Crippen LogP contribution in [0, 0.1) is 0 Å². The van der Waals surface area contributed by atoms with E-state index in [1.807, 2.05) is 12.1 Å². The normalized spacial score (nSPS) is 19.9. The molecule has 0 aliphatic carbocycles. The summed E-state index contributed by atoms with van der Waals surface area (Å²) in [6, 6.07) is 7.87. The topological polar surface area (TPSA) is 52.6 Å². The maximum atomic E-state index is 11.0. The number of benzene rings is 1. The largest absolute Gasteiger partial charge is 0.478 e. The van der Waals surface area contributed by atoms with Crippen molar-refractivity contribution in [2.75, 3.05) is 19.6 Å². The highest BCUT2D eigenvalue weighted by atomic mass is 16.4. The SMILES string of the molecule is CCCCC1CNCCN1Cc1cccc(C(=O)O)c1. The van der Waals surface area contributed by atoms with E-state index in [-0.39, 0.29) is 0 Å². The molecule has 1 aromatic carbocycles. The number of carbonyl (C=O) groups is 1. The zero-order chi connectivity index (χ0) is 14.4. The van der Waals surface area contributed by atoms with E-state index in [0.717, 1.165) is 31.7 Å². The summed E-state index contributed by atoms with van der Waals surface area (Å²) < 4.78 is 0. The molecule has 4 nitrogen and oxygen atoms in total. The molecule has 20 heavy (non-hydrogen) atoms. The van der Waals surface area contributed by atoms with Gasteiger partial charge in [-0.2, -0.15) is 0 Å². The molecule has 2 N–H and O–H groups in total. The zero-order valence-corrected chi connectivity index (χ0v) is 12.1. The standard InChI is InChI=1S/C16H24N2O2/c1-2-3-7-15-11-17-8-9-18(15)12-13-5-4-6-14(10-13)16(19)20/h4-6,10,15,17H,2-3,7-9,11-12H2,1H3,(H,19,20). The van der Waals surface area contributed by atoms with E-state index in [2.05, 4.69) is 17.1 Å². The predicted octanol–water partition coefficient (Wildman–Crippen LogP) is 2.35. The molecule has 1 aromatic rings. The second-order valence-electron chi connectivity index (χ2n) is 5.48. The van der Waals surface area contributed by atoms with Crippen LogP contribution in [0.4, 0.5) is 0 Å². The molecule has 1 fully saturated rings. The molecule has 0 saturated carbocycles. The summed E-state index contributed by atoms with van der Waals surface area (Å²) in [5.41, 5.74) is 1.47. The first kappa shape index (κ1) is 15.0. The summed E-state index contributed by atoms with van der Waals surface area (Å²) >= 11 is 0.